The average molecular weight is 376 g/mol. The van der Waals surface area contributed by atoms with Gasteiger partial charge >= 0.3 is 0 Å². The maximum absolute atomic E-state index is 12.6. The number of carbonyl (C=O) groups is 1. The average Bonchev–Trinajstić information content (AvgIpc) is 2.71. The third-order valence-corrected chi connectivity index (χ3v) is 7.22. The van der Waals surface area contributed by atoms with Crippen LogP contribution in [-0.4, -0.2) is 46.9 Å². The Morgan fingerprint density at radius 1 is 1.33 bits per heavy atom. The molecule has 0 aromatic heterocycles. The molecule has 1 aromatic rings. The van der Waals surface area contributed by atoms with Crippen LogP contribution >= 0.6 is 0 Å². The van der Waals surface area contributed by atoms with Gasteiger partial charge in [0.15, 0.2) is 9.84 Å². The lowest BCUT2D eigenvalue weighted by Crippen LogP contribution is -2.46. The first-order valence-electron chi connectivity index (χ1n) is 7.16. The van der Waals surface area contributed by atoms with E-state index in [-0.39, 0.29) is 34.5 Å². The van der Waals surface area contributed by atoms with E-state index < -0.39 is 25.4 Å². The van der Waals surface area contributed by atoms with Crippen molar-refractivity contribution >= 4 is 31.5 Å². The van der Waals surface area contributed by atoms with Gasteiger partial charge < -0.3 is 10.1 Å². The second-order valence-corrected chi connectivity index (χ2v) is 9.92. The van der Waals surface area contributed by atoms with E-state index in [2.05, 4.69) is 10.0 Å². The maximum atomic E-state index is 12.6. The molecule has 10 heteroatoms. The quantitative estimate of drug-likeness (QED) is 0.773. The van der Waals surface area contributed by atoms with Gasteiger partial charge in [0.1, 0.15) is 5.75 Å². The van der Waals surface area contributed by atoms with Crippen LogP contribution in [0.2, 0.25) is 0 Å². The molecule has 1 amide bonds. The van der Waals surface area contributed by atoms with E-state index in [1.54, 1.807) is 6.92 Å². The molecule has 1 fully saturated rings. The molecular formula is C14H20N2O6S2. The molecule has 0 bridgehead atoms. The van der Waals surface area contributed by atoms with Crippen molar-refractivity contribution in [2.45, 2.75) is 30.7 Å². The fourth-order valence-corrected chi connectivity index (χ4v) is 6.24. The number of carbonyl (C=O) groups excluding carboxylic acids is 1. The van der Waals surface area contributed by atoms with Crippen LogP contribution in [0, 0.1) is 0 Å². The minimum atomic E-state index is -3.94. The highest BCUT2D eigenvalue weighted by Gasteiger charge is 2.41. The molecule has 1 aliphatic rings. The van der Waals surface area contributed by atoms with Gasteiger partial charge in [-0.1, -0.05) is 0 Å². The zero-order chi connectivity index (χ0) is 18.2. The van der Waals surface area contributed by atoms with E-state index in [1.165, 1.54) is 32.2 Å². The molecule has 1 atom stereocenters. The monoisotopic (exact) mass is 376 g/mol. The zero-order valence-corrected chi connectivity index (χ0v) is 15.3. The summed E-state index contributed by atoms with van der Waals surface area (Å²) in [5.41, 5.74) is -0.695. The molecule has 0 spiro atoms. The van der Waals surface area contributed by atoms with Gasteiger partial charge in [-0.15, -0.1) is 0 Å². The highest BCUT2D eigenvalue weighted by atomic mass is 32.2. The molecule has 2 N–H and O–H groups in total. The number of rotatable bonds is 5. The topological polar surface area (TPSA) is 119 Å². The molecule has 8 nitrogen and oxygen atoms in total. The molecule has 24 heavy (non-hydrogen) atoms. The first-order chi connectivity index (χ1) is 11.0. The van der Waals surface area contributed by atoms with Crippen molar-refractivity contribution in [2.24, 2.45) is 0 Å². The van der Waals surface area contributed by atoms with Crippen LogP contribution in [0.25, 0.3) is 0 Å². The number of sulfonamides is 1. The van der Waals surface area contributed by atoms with Crippen LogP contribution < -0.4 is 14.8 Å². The lowest BCUT2D eigenvalue weighted by molar-refractivity contribution is -0.114. The minimum Gasteiger partial charge on any atom is -0.495 e. The number of anilines is 1. The molecule has 0 aliphatic carbocycles. The second kappa shape index (κ2) is 6.34. The van der Waals surface area contributed by atoms with E-state index in [0.29, 0.717) is 5.69 Å². The number of ether oxygens (including phenoxy) is 1. The highest BCUT2D eigenvalue weighted by Crippen LogP contribution is 2.30. The third kappa shape index (κ3) is 4.25. The van der Waals surface area contributed by atoms with Gasteiger partial charge in [0.05, 0.1) is 29.2 Å². The number of nitrogens with one attached hydrogen (secondary N) is 2. The number of hydrogen-bond acceptors (Lipinski definition) is 6. The standard InChI is InChI=1S/C14H20N2O6S2/c1-10(17)15-12-5-4-11(8-13(12)22-3)24(20,21)16-14(2)6-7-23(18,19)9-14/h4-5,8,16H,6-7,9H2,1-3H3,(H,15,17)/t14-/m1/s1. The summed E-state index contributed by atoms with van der Waals surface area (Å²) in [6, 6.07) is 4.02. The molecule has 134 valence electrons. The number of hydrogen-bond donors (Lipinski definition) is 2. The number of methoxy groups -OCH3 is 1. The molecule has 0 unspecified atom stereocenters. The highest BCUT2D eigenvalue weighted by molar-refractivity contribution is 7.92. The van der Waals surface area contributed by atoms with Crippen molar-refractivity contribution in [1.82, 2.24) is 4.72 Å². The van der Waals surface area contributed by atoms with Gasteiger partial charge in [-0.3, -0.25) is 4.79 Å². The molecule has 0 saturated carbocycles. The summed E-state index contributed by atoms with van der Waals surface area (Å²) in [5, 5.41) is 2.54. The van der Waals surface area contributed by atoms with E-state index >= 15 is 0 Å². The lowest BCUT2D eigenvalue weighted by atomic mass is 10.0. The Morgan fingerprint density at radius 3 is 2.50 bits per heavy atom. The van der Waals surface area contributed by atoms with Gasteiger partial charge in [-0.25, -0.2) is 21.6 Å². The van der Waals surface area contributed by atoms with Gasteiger partial charge in [-0.05, 0) is 25.5 Å². The predicted molar refractivity (Wildman–Crippen MR) is 89.3 cm³/mol. The Kier molecular flexibility index (Phi) is 4.93. The van der Waals surface area contributed by atoms with Crippen molar-refractivity contribution in [1.29, 1.82) is 0 Å². The van der Waals surface area contributed by atoms with Crippen LogP contribution in [0.4, 0.5) is 5.69 Å². The fraction of sp³-hybridized carbons (Fsp3) is 0.500. The molecule has 1 aliphatic heterocycles. The van der Waals surface area contributed by atoms with Gasteiger partial charge in [-0.2, -0.15) is 0 Å². The number of amides is 1. The summed E-state index contributed by atoms with van der Waals surface area (Å²) < 4.78 is 55.9. The molecule has 1 aromatic carbocycles. The first kappa shape index (κ1) is 18.7. The normalized spacial score (nSPS) is 23.0. The van der Waals surface area contributed by atoms with E-state index in [1.807, 2.05) is 0 Å². The lowest BCUT2D eigenvalue weighted by Gasteiger charge is -2.23. The van der Waals surface area contributed by atoms with Crippen molar-refractivity contribution in [3.8, 4) is 5.75 Å². The Hall–Kier alpha value is -1.65. The van der Waals surface area contributed by atoms with Gasteiger partial charge in [0.2, 0.25) is 15.9 Å². The summed E-state index contributed by atoms with van der Waals surface area (Å²) in [4.78, 5) is 11.1. The second-order valence-electron chi connectivity index (χ2n) is 6.05. The molecule has 1 saturated heterocycles. The van der Waals surface area contributed by atoms with Gasteiger partial charge in [0.25, 0.3) is 0 Å². The van der Waals surface area contributed by atoms with E-state index in [9.17, 15) is 21.6 Å². The Morgan fingerprint density at radius 2 is 2.00 bits per heavy atom. The third-order valence-electron chi connectivity index (χ3n) is 3.68. The number of sulfone groups is 1. The molecular weight excluding hydrogens is 356 g/mol. The summed E-state index contributed by atoms with van der Waals surface area (Å²) >= 11 is 0. The maximum Gasteiger partial charge on any atom is 0.241 e. The smallest absolute Gasteiger partial charge is 0.241 e. The zero-order valence-electron chi connectivity index (χ0n) is 13.6. The van der Waals surface area contributed by atoms with Crippen molar-refractivity contribution < 1.29 is 26.4 Å². The summed E-state index contributed by atoms with van der Waals surface area (Å²) in [6.45, 7) is 2.89. The fourth-order valence-electron chi connectivity index (χ4n) is 2.61. The van der Waals surface area contributed by atoms with E-state index in [4.69, 9.17) is 4.74 Å². The van der Waals surface area contributed by atoms with Crippen molar-refractivity contribution in [3.63, 3.8) is 0 Å². The van der Waals surface area contributed by atoms with Crippen LogP contribution in [0.5, 0.6) is 5.75 Å². The minimum absolute atomic E-state index is 0.0448. The van der Waals surface area contributed by atoms with Gasteiger partial charge in [0, 0.05) is 18.5 Å². The summed E-state index contributed by atoms with van der Waals surface area (Å²) in [6.07, 6.45) is 0.218. The van der Waals surface area contributed by atoms with Crippen molar-refractivity contribution in [3.05, 3.63) is 18.2 Å². The molecule has 1 heterocycles. The van der Waals surface area contributed by atoms with Crippen LogP contribution in [0.3, 0.4) is 0 Å². The molecule has 0 radical (unpaired) electrons. The summed E-state index contributed by atoms with van der Waals surface area (Å²) in [7, 11) is -5.82. The Bertz CT molecular complexity index is 863. The van der Waals surface area contributed by atoms with Crippen LogP contribution in [0.1, 0.15) is 20.3 Å². The van der Waals surface area contributed by atoms with Crippen LogP contribution in [-0.2, 0) is 24.7 Å². The van der Waals surface area contributed by atoms with E-state index in [0.717, 1.165) is 0 Å². The Labute approximate surface area is 141 Å². The van der Waals surface area contributed by atoms with Crippen LogP contribution in [0.15, 0.2) is 23.1 Å². The van der Waals surface area contributed by atoms with Crippen molar-refractivity contribution in [2.75, 3.05) is 23.9 Å². The SMILES string of the molecule is COc1cc(S(=O)(=O)N[C@]2(C)CCS(=O)(=O)C2)ccc1NC(C)=O. The first-order valence-corrected chi connectivity index (χ1v) is 10.5. The molecule has 2 rings (SSSR count). The number of benzene rings is 1. The summed E-state index contributed by atoms with van der Waals surface area (Å²) in [5.74, 6) is -0.403. The Balaban J connectivity index is 2.31. The largest absolute Gasteiger partial charge is 0.495 e. The predicted octanol–water partition coefficient (Wildman–Crippen LogP) is 0.509.